The topological polar surface area (TPSA) is 26.0 Å². The SMILES string of the molecule is NCC(F)/C=C/c1ccccc1. The Bertz CT molecular complexity index is 243. The van der Waals surface area contributed by atoms with Crippen molar-refractivity contribution in [3.8, 4) is 0 Å². The highest BCUT2D eigenvalue weighted by molar-refractivity contribution is 5.49. The predicted molar refractivity (Wildman–Crippen MR) is 49.4 cm³/mol. The van der Waals surface area contributed by atoms with Crippen molar-refractivity contribution in [2.75, 3.05) is 6.54 Å². The summed E-state index contributed by atoms with van der Waals surface area (Å²) in [6.45, 7) is 0.0450. The van der Waals surface area contributed by atoms with Crippen LogP contribution >= 0.6 is 0 Å². The minimum absolute atomic E-state index is 0.0450. The maximum Gasteiger partial charge on any atom is 0.131 e. The summed E-state index contributed by atoms with van der Waals surface area (Å²) in [6.07, 6.45) is 2.16. The Morgan fingerprint density at radius 1 is 1.33 bits per heavy atom. The van der Waals surface area contributed by atoms with Crippen molar-refractivity contribution in [3.05, 3.63) is 42.0 Å². The van der Waals surface area contributed by atoms with Gasteiger partial charge in [0.2, 0.25) is 0 Å². The van der Waals surface area contributed by atoms with Crippen LogP contribution in [-0.2, 0) is 0 Å². The first-order valence-electron chi connectivity index (χ1n) is 3.90. The van der Waals surface area contributed by atoms with Crippen molar-refractivity contribution < 1.29 is 4.39 Å². The van der Waals surface area contributed by atoms with Crippen molar-refractivity contribution >= 4 is 6.08 Å². The Morgan fingerprint density at radius 2 is 2.00 bits per heavy atom. The van der Waals surface area contributed by atoms with E-state index in [4.69, 9.17) is 5.73 Å². The van der Waals surface area contributed by atoms with Crippen LogP contribution in [0.1, 0.15) is 5.56 Å². The monoisotopic (exact) mass is 165 g/mol. The number of benzene rings is 1. The van der Waals surface area contributed by atoms with Crippen LogP contribution in [0.4, 0.5) is 4.39 Å². The Morgan fingerprint density at radius 3 is 2.58 bits per heavy atom. The highest BCUT2D eigenvalue weighted by atomic mass is 19.1. The molecule has 0 aliphatic heterocycles. The molecular weight excluding hydrogens is 153 g/mol. The van der Waals surface area contributed by atoms with Gasteiger partial charge in [-0.25, -0.2) is 4.39 Å². The van der Waals surface area contributed by atoms with E-state index in [1.807, 2.05) is 30.3 Å². The van der Waals surface area contributed by atoms with Crippen LogP contribution in [0.5, 0.6) is 0 Å². The van der Waals surface area contributed by atoms with Crippen LogP contribution < -0.4 is 5.73 Å². The van der Waals surface area contributed by atoms with Crippen LogP contribution in [0.2, 0.25) is 0 Å². The Kier molecular flexibility index (Phi) is 3.48. The molecule has 12 heavy (non-hydrogen) atoms. The van der Waals surface area contributed by atoms with E-state index in [0.29, 0.717) is 0 Å². The molecular formula is C10H12FN. The molecule has 1 aromatic carbocycles. The number of hydrogen-bond acceptors (Lipinski definition) is 1. The van der Waals surface area contributed by atoms with E-state index in [0.717, 1.165) is 5.56 Å². The van der Waals surface area contributed by atoms with Crippen molar-refractivity contribution in [2.24, 2.45) is 5.73 Å². The lowest BCUT2D eigenvalue weighted by Gasteiger charge is -1.95. The molecule has 0 aliphatic rings. The number of nitrogens with two attached hydrogens (primary N) is 1. The molecule has 1 aromatic rings. The second-order valence-electron chi connectivity index (χ2n) is 2.52. The molecule has 0 bridgehead atoms. The van der Waals surface area contributed by atoms with Gasteiger partial charge < -0.3 is 5.73 Å². The third-order valence-electron chi connectivity index (χ3n) is 1.52. The molecule has 0 spiro atoms. The van der Waals surface area contributed by atoms with Gasteiger partial charge in [-0.05, 0) is 11.6 Å². The van der Waals surface area contributed by atoms with E-state index in [-0.39, 0.29) is 6.54 Å². The molecule has 0 radical (unpaired) electrons. The minimum atomic E-state index is -1.04. The van der Waals surface area contributed by atoms with Crippen LogP contribution in [0, 0.1) is 0 Å². The van der Waals surface area contributed by atoms with Crippen LogP contribution in [-0.4, -0.2) is 12.7 Å². The maximum atomic E-state index is 12.6. The molecule has 0 fully saturated rings. The molecule has 0 aliphatic carbocycles. The summed E-state index contributed by atoms with van der Waals surface area (Å²) in [5, 5.41) is 0. The second-order valence-corrected chi connectivity index (χ2v) is 2.52. The largest absolute Gasteiger partial charge is 0.327 e. The van der Waals surface area contributed by atoms with Crippen molar-refractivity contribution in [1.82, 2.24) is 0 Å². The summed E-state index contributed by atoms with van der Waals surface area (Å²) >= 11 is 0. The number of halogens is 1. The maximum absolute atomic E-state index is 12.6. The Hall–Kier alpha value is -1.15. The van der Waals surface area contributed by atoms with Crippen molar-refractivity contribution in [1.29, 1.82) is 0 Å². The quantitative estimate of drug-likeness (QED) is 0.728. The fraction of sp³-hybridized carbons (Fsp3) is 0.200. The van der Waals surface area contributed by atoms with E-state index < -0.39 is 6.17 Å². The molecule has 2 heteroatoms. The van der Waals surface area contributed by atoms with Gasteiger partial charge in [-0.2, -0.15) is 0 Å². The molecule has 0 saturated heterocycles. The van der Waals surface area contributed by atoms with Crippen LogP contribution in [0.15, 0.2) is 36.4 Å². The second kappa shape index (κ2) is 4.67. The van der Waals surface area contributed by atoms with E-state index in [1.54, 1.807) is 6.08 Å². The summed E-state index contributed by atoms with van der Waals surface area (Å²) < 4.78 is 12.6. The van der Waals surface area contributed by atoms with Gasteiger partial charge in [0.25, 0.3) is 0 Å². The highest BCUT2D eigenvalue weighted by Gasteiger charge is 1.94. The third-order valence-corrected chi connectivity index (χ3v) is 1.52. The van der Waals surface area contributed by atoms with Crippen LogP contribution in [0.25, 0.3) is 6.08 Å². The molecule has 1 nitrogen and oxygen atoms in total. The lowest BCUT2D eigenvalue weighted by Crippen LogP contribution is -2.11. The summed E-state index contributed by atoms with van der Waals surface area (Å²) in [5.74, 6) is 0. The molecule has 1 rings (SSSR count). The van der Waals surface area contributed by atoms with Gasteiger partial charge in [0.1, 0.15) is 6.17 Å². The standard InChI is InChI=1S/C10H12FN/c11-10(8-12)7-6-9-4-2-1-3-5-9/h1-7,10H,8,12H2/b7-6+. The smallest absolute Gasteiger partial charge is 0.131 e. The van der Waals surface area contributed by atoms with E-state index in [1.165, 1.54) is 6.08 Å². The highest BCUT2D eigenvalue weighted by Crippen LogP contribution is 2.02. The zero-order valence-electron chi connectivity index (χ0n) is 6.78. The minimum Gasteiger partial charge on any atom is -0.327 e. The third kappa shape index (κ3) is 2.84. The van der Waals surface area contributed by atoms with Gasteiger partial charge in [-0.3, -0.25) is 0 Å². The number of hydrogen-bond donors (Lipinski definition) is 1. The van der Waals surface area contributed by atoms with Crippen LogP contribution in [0.3, 0.4) is 0 Å². The van der Waals surface area contributed by atoms with Gasteiger partial charge in [0.05, 0.1) is 0 Å². The first kappa shape index (κ1) is 8.94. The number of alkyl halides is 1. The average molecular weight is 165 g/mol. The van der Waals surface area contributed by atoms with Gasteiger partial charge in [0, 0.05) is 6.54 Å². The number of rotatable bonds is 3. The molecule has 0 amide bonds. The van der Waals surface area contributed by atoms with Gasteiger partial charge in [-0.1, -0.05) is 36.4 Å². The fourth-order valence-electron chi connectivity index (χ4n) is 0.858. The normalized spacial score (nSPS) is 13.5. The molecule has 1 atom stereocenters. The molecule has 0 saturated carbocycles. The summed E-state index contributed by atoms with van der Waals surface area (Å²) in [7, 11) is 0. The first-order valence-corrected chi connectivity index (χ1v) is 3.90. The lowest BCUT2D eigenvalue weighted by atomic mass is 10.2. The molecule has 0 heterocycles. The fourth-order valence-corrected chi connectivity index (χ4v) is 0.858. The molecule has 0 aromatic heterocycles. The van der Waals surface area contributed by atoms with Gasteiger partial charge in [0.15, 0.2) is 0 Å². The Labute approximate surface area is 71.7 Å². The van der Waals surface area contributed by atoms with E-state index >= 15 is 0 Å². The molecule has 1 unspecified atom stereocenters. The van der Waals surface area contributed by atoms with E-state index in [2.05, 4.69) is 0 Å². The summed E-state index contributed by atoms with van der Waals surface area (Å²) in [5.41, 5.74) is 6.10. The zero-order valence-corrected chi connectivity index (χ0v) is 6.78. The molecule has 2 N–H and O–H groups in total. The van der Waals surface area contributed by atoms with Crippen molar-refractivity contribution in [2.45, 2.75) is 6.17 Å². The zero-order chi connectivity index (χ0) is 8.81. The van der Waals surface area contributed by atoms with E-state index in [9.17, 15) is 4.39 Å². The van der Waals surface area contributed by atoms with Crippen molar-refractivity contribution in [3.63, 3.8) is 0 Å². The van der Waals surface area contributed by atoms with Gasteiger partial charge >= 0.3 is 0 Å². The lowest BCUT2D eigenvalue weighted by molar-refractivity contribution is 0.410. The first-order chi connectivity index (χ1) is 5.83. The summed E-state index contributed by atoms with van der Waals surface area (Å²) in [6, 6.07) is 9.58. The van der Waals surface area contributed by atoms with Gasteiger partial charge in [-0.15, -0.1) is 0 Å². The average Bonchev–Trinajstić information content (AvgIpc) is 2.16. The summed E-state index contributed by atoms with van der Waals surface area (Å²) in [4.78, 5) is 0. The Balaban J connectivity index is 2.58. The predicted octanol–water partition coefficient (Wildman–Crippen LogP) is 2.00. The molecule has 64 valence electrons.